The van der Waals surface area contributed by atoms with Gasteiger partial charge in [-0.15, -0.1) is 0 Å². The second kappa shape index (κ2) is 4.59. The summed E-state index contributed by atoms with van der Waals surface area (Å²) in [6, 6.07) is 1.87. The van der Waals surface area contributed by atoms with Crippen LogP contribution < -0.4 is 10.5 Å². The Hall–Kier alpha value is -2.18. The molecule has 0 fully saturated rings. The molecule has 0 aliphatic heterocycles. The number of hydrogen-bond donors (Lipinski definition) is 2. The summed E-state index contributed by atoms with van der Waals surface area (Å²) in [4.78, 5) is 0. The van der Waals surface area contributed by atoms with Crippen LogP contribution in [0.2, 0.25) is 0 Å². The number of halogens is 3. The Morgan fingerprint density at radius 3 is 2.56 bits per heavy atom. The summed E-state index contributed by atoms with van der Waals surface area (Å²) in [6.07, 6.45) is -1.46. The predicted octanol–water partition coefficient (Wildman–Crippen LogP) is 2.74. The number of alkyl halides is 2. The fourth-order valence-electron chi connectivity index (χ4n) is 1.66. The van der Waals surface area contributed by atoms with Crippen molar-refractivity contribution in [2.45, 2.75) is 6.43 Å². The second-order valence-corrected chi connectivity index (χ2v) is 3.58. The molecule has 18 heavy (non-hydrogen) atoms. The number of nitrogens with zero attached hydrogens (tertiary/aromatic N) is 1. The smallest absolute Gasteiger partial charge is 0.263 e. The van der Waals surface area contributed by atoms with Crippen LogP contribution in [0.1, 0.15) is 12.0 Å². The lowest BCUT2D eigenvalue weighted by Crippen LogP contribution is -1.97. The maximum atomic E-state index is 13.7. The molecule has 1 heterocycles. The van der Waals surface area contributed by atoms with E-state index in [1.54, 1.807) is 0 Å². The van der Waals surface area contributed by atoms with Gasteiger partial charge in [0.25, 0.3) is 6.43 Å². The number of aromatic nitrogens is 2. The molecule has 0 saturated heterocycles. The van der Waals surface area contributed by atoms with Gasteiger partial charge in [0, 0.05) is 16.7 Å². The summed E-state index contributed by atoms with van der Waals surface area (Å²) < 4.78 is 43.8. The Morgan fingerprint density at radius 2 is 2.06 bits per heavy atom. The molecule has 0 bridgehead atoms. The largest absolute Gasteiger partial charge is 0.493 e. The average molecular weight is 257 g/mol. The number of ether oxygens (including phenoxy) is 1. The van der Waals surface area contributed by atoms with Gasteiger partial charge >= 0.3 is 0 Å². The van der Waals surface area contributed by atoms with Crippen LogP contribution in [0.15, 0.2) is 18.3 Å². The number of aromatic amines is 1. The fraction of sp³-hybridized carbons (Fsp3) is 0.182. The van der Waals surface area contributed by atoms with Crippen molar-refractivity contribution in [2.24, 2.45) is 0 Å². The highest BCUT2D eigenvalue weighted by Gasteiger charge is 2.19. The molecule has 0 atom stereocenters. The van der Waals surface area contributed by atoms with E-state index >= 15 is 0 Å². The molecule has 96 valence electrons. The molecular formula is C11H10F3N3O. The van der Waals surface area contributed by atoms with Crippen molar-refractivity contribution in [3.63, 3.8) is 0 Å². The molecule has 4 nitrogen and oxygen atoms in total. The van der Waals surface area contributed by atoms with E-state index in [9.17, 15) is 13.2 Å². The summed E-state index contributed by atoms with van der Waals surface area (Å²) in [6.45, 7) is 0. The van der Waals surface area contributed by atoms with Crippen molar-refractivity contribution in [3.05, 3.63) is 29.7 Å². The summed E-state index contributed by atoms with van der Waals surface area (Å²) in [5.41, 5.74) is 5.60. The molecule has 0 amide bonds. The minimum atomic E-state index is -2.78. The van der Waals surface area contributed by atoms with Gasteiger partial charge < -0.3 is 10.5 Å². The molecule has 2 aromatic rings. The number of hydrogen-bond acceptors (Lipinski definition) is 3. The van der Waals surface area contributed by atoms with E-state index in [0.717, 1.165) is 12.1 Å². The number of rotatable bonds is 3. The van der Waals surface area contributed by atoms with E-state index in [1.807, 2.05) is 0 Å². The number of anilines is 1. The Kier molecular flexibility index (Phi) is 3.14. The third-order valence-corrected chi connectivity index (χ3v) is 2.48. The van der Waals surface area contributed by atoms with Gasteiger partial charge in [0.05, 0.1) is 13.3 Å². The number of H-pyrrole nitrogens is 1. The highest BCUT2D eigenvalue weighted by Crippen LogP contribution is 2.37. The standard InChI is InChI=1S/C11H10F3N3O/c1-18-9-6(7-4-16-17-11(7)15)2-5(10(13)14)3-8(9)12/h2-4,10H,1H3,(H3,15,16,17). The van der Waals surface area contributed by atoms with Gasteiger partial charge in [-0.25, -0.2) is 13.2 Å². The van der Waals surface area contributed by atoms with Crippen molar-refractivity contribution in [1.82, 2.24) is 10.2 Å². The monoisotopic (exact) mass is 257 g/mol. The van der Waals surface area contributed by atoms with Gasteiger partial charge in [0.1, 0.15) is 5.82 Å². The molecule has 3 N–H and O–H groups in total. The van der Waals surface area contributed by atoms with Gasteiger partial charge in [-0.3, -0.25) is 5.10 Å². The first-order valence-corrected chi connectivity index (χ1v) is 4.99. The van der Waals surface area contributed by atoms with E-state index in [4.69, 9.17) is 10.5 Å². The van der Waals surface area contributed by atoms with Crippen LogP contribution in [0.5, 0.6) is 5.75 Å². The predicted molar refractivity (Wildman–Crippen MR) is 59.9 cm³/mol. The van der Waals surface area contributed by atoms with Crippen LogP contribution in [0, 0.1) is 5.82 Å². The Morgan fingerprint density at radius 1 is 1.33 bits per heavy atom. The highest BCUT2D eigenvalue weighted by atomic mass is 19.3. The van der Waals surface area contributed by atoms with Gasteiger partial charge in [0.15, 0.2) is 11.6 Å². The van der Waals surface area contributed by atoms with Crippen LogP contribution in [0.25, 0.3) is 11.1 Å². The lowest BCUT2D eigenvalue weighted by Gasteiger charge is -2.11. The Labute approximate surface area is 101 Å². The first kappa shape index (κ1) is 12.3. The van der Waals surface area contributed by atoms with E-state index in [-0.39, 0.29) is 17.1 Å². The maximum Gasteiger partial charge on any atom is 0.263 e. The Bertz CT molecular complexity index is 569. The minimum absolute atomic E-state index is 0.138. The molecule has 0 aliphatic rings. The van der Waals surface area contributed by atoms with Crippen LogP contribution in [-0.4, -0.2) is 17.3 Å². The molecule has 0 radical (unpaired) electrons. The third kappa shape index (κ3) is 1.99. The zero-order valence-electron chi connectivity index (χ0n) is 9.38. The zero-order chi connectivity index (χ0) is 13.3. The van der Waals surface area contributed by atoms with Crippen LogP contribution in [0.3, 0.4) is 0 Å². The fourth-order valence-corrected chi connectivity index (χ4v) is 1.66. The van der Waals surface area contributed by atoms with Gasteiger partial charge in [-0.1, -0.05) is 0 Å². The average Bonchev–Trinajstić information content (AvgIpc) is 2.74. The van der Waals surface area contributed by atoms with Crippen molar-refractivity contribution in [1.29, 1.82) is 0 Å². The molecule has 1 aromatic heterocycles. The number of nitrogens with two attached hydrogens (primary N) is 1. The maximum absolute atomic E-state index is 13.7. The number of benzene rings is 1. The summed E-state index contributed by atoms with van der Waals surface area (Å²) in [5.74, 6) is -0.863. The minimum Gasteiger partial charge on any atom is -0.493 e. The molecule has 7 heteroatoms. The zero-order valence-corrected chi connectivity index (χ0v) is 9.38. The summed E-state index contributed by atoms with van der Waals surface area (Å²) >= 11 is 0. The van der Waals surface area contributed by atoms with Gasteiger partial charge in [0.2, 0.25) is 0 Å². The summed E-state index contributed by atoms with van der Waals surface area (Å²) in [5, 5.41) is 6.11. The molecule has 0 saturated carbocycles. The first-order valence-electron chi connectivity index (χ1n) is 4.99. The van der Waals surface area contributed by atoms with Gasteiger partial charge in [-0.2, -0.15) is 5.10 Å². The quantitative estimate of drug-likeness (QED) is 0.888. The molecule has 1 aromatic carbocycles. The van der Waals surface area contributed by atoms with Crippen LogP contribution in [0.4, 0.5) is 19.0 Å². The van der Waals surface area contributed by atoms with E-state index in [1.165, 1.54) is 13.3 Å². The number of nitrogens with one attached hydrogen (secondary N) is 1. The molecule has 0 aliphatic carbocycles. The normalized spacial score (nSPS) is 10.9. The number of nitrogen functional groups attached to an aromatic ring is 1. The lowest BCUT2D eigenvalue weighted by atomic mass is 10.0. The SMILES string of the molecule is COc1c(F)cc(C(F)F)cc1-c1cn[nH]c1N. The number of methoxy groups -OCH3 is 1. The molecule has 0 unspecified atom stereocenters. The topological polar surface area (TPSA) is 63.9 Å². The second-order valence-electron chi connectivity index (χ2n) is 3.58. The molecular weight excluding hydrogens is 247 g/mol. The van der Waals surface area contributed by atoms with E-state index in [2.05, 4.69) is 10.2 Å². The van der Waals surface area contributed by atoms with Crippen LogP contribution in [-0.2, 0) is 0 Å². The van der Waals surface area contributed by atoms with Gasteiger partial charge in [-0.05, 0) is 12.1 Å². The van der Waals surface area contributed by atoms with E-state index < -0.39 is 17.8 Å². The lowest BCUT2D eigenvalue weighted by molar-refractivity contribution is 0.151. The van der Waals surface area contributed by atoms with Crippen molar-refractivity contribution >= 4 is 5.82 Å². The van der Waals surface area contributed by atoms with Crippen molar-refractivity contribution < 1.29 is 17.9 Å². The van der Waals surface area contributed by atoms with Crippen molar-refractivity contribution in [3.8, 4) is 16.9 Å². The first-order chi connectivity index (χ1) is 8.54. The third-order valence-electron chi connectivity index (χ3n) is 2.48. The van der Waals surface area contributed by atoms with Crippen LogP contribution >= 0.6 is 0 Å². The summed E-state index contributed by atoms with van der Waals surface area (Å²) in [7, 11) is 1.25. The molecule has 2 rings (SSSR count). The Balaban J connectivity index is 2.67. The molecule has 0 spiro atoms. The van der Waals surface area contributed by atoms with E-state index in [0.29, 0.717) is 5.56 Å². The van der Waals surface area contributed by atoms with Crippen molar-refractivity contribution in [2.75, 3.05) is 12.8 Å². The highest BCUT2D eigenvalue weighted by molar-refractivity contribution is 5.78.